The number of rotatable bonds is 4. The highest BCUT2D eigenvalue weighted by atomic mass is 32.2. The molecule has 1 atom stereocenters. The molecule has 23 heavy (non-hydrogen) atoms. The van der Waals surface area contributed by atoms with Gasteiger partial charge in [-0.25, -0.2) is 8.42 Å². The minimum absolute atomic E-state index is 0.0162. The lowest BCUT2D eigenvalue weighted by Crippen LogP contribution is -2.54. The number of nitrogens with zero attached hydrogens (tertiary/aromatic N) is 1. The standard InChI is InChI=1S/C17H24N2O3S/c1-2-23(21,22)19-12-14-8-4-3-7-13(14)11-16(19)17(20)18-15-9-5-6-10-15/h3-4,7-8,15-16H,2,5-6,9-12H2,1H3,(H,18,20). The Morgan fingerprint density at radius 2 is 1.87 bits per heavy atom. The van der Waals surface area contributed by atoms with Crippen molar-refractivity contribution in [2.75, 3.05) is 5.75 Å². The van der Waals surface area contributed by atoms with Crippen molar-refractivity contribution in [1.82, 2.24) is 9.62 Å². The first-order chi connectivity index (χ1) is 11.0. The Hall–Kier alpha value is -1.40. The van der Waals surface area contributed by atoms with Gasteiger partial charge in [-0.2, -0.15) is 4.31 Å². The Kier molecular flexibility index (Phi) is 4.73. The molecule has 0 aromatic heterocycles. The van der Waals surface area contributed by atoms with Gasteiger partial charge in [0.15, 0.2) is 0 Å². The van der Waals surface area contributed by atoms with Crippen LogP contribution in [0.5, 0.6) is 0 Å². The molecule has 5 nitrogen and oxygen atoms in total. The van der Waals surface area contributed by atoms with E-state index in [9.17, 15) is 13.2 Å². The van der Waals surface area contributed by atoms with Gasteiger partial charge in [-0.15, -0.1) is 0 Å². The predicted molar refractivity (Wildman–Crippen MR) is 89.3 cm³/mol. The third-order valence-corrected chi connectivity index (χ3v) is 6.76. The van der Waals surface area contributed by atoms with Gasteiger partial charge in [0, 0.05) is 12.6 Å². The van der Waals surface area contributed by atoms with Crippen LogP contribution < -0.4 is 5.32 Å². The number of amides is 1. The number of carbonyl (C=O) groups is 1. The molecule has 0 bridgehead atoms. The molecule has 6 heteroatoms. The highest BCUT2D eigenvalue weighted by Crippen LogP contribution is 2.27. The van der Waals surface area contributed by atoms with Crippen molar-refractivity contribution in [3.63, 3.8) is 0 Å². The minimum Gasteiger partial charge on any atom is -0.352 e. The fraction of sp³-hybridized carbons (Fsp3) is 0.588. The van der Waals surface area contributed by atoms with Crippen LogP contribution >= 0.6 is 0 Å². The van der Waals surface area contributed by atoms with E-state index >= 15 is 0 Å². The summed E-state index contributed by atoms with van der Waals surface area (Å²) in [5, 5.41) is 3.06. The number of benzene rings is 1. The number of fused-ring (bicyclic) bond motifs is 1. The van der Waals surface area contributed by atoms with E-state index in [1.54, 1.807) is 6.92 Å². The van der Waals surface area contributed by atoms with Crippen LogP contribution in [0.4, 0.5) is 0 Å². The normalized spacial score (nSPS) is 22.7. The molecule has 3 rings (SSSR count). The summed E-state index contributed by atoms with van der Waals surface area (Å²) in [4.78, 5) is 12.7. The fourth-order valence-corrected chi connectivity index (χ4v) is 4.77. The average molecular weight is 336 g/mol. The van der Waals surface area contributed by atoms with Crippen molar-refractivity contribution < 1.29 is 13.2 Å². The Bertz CT molecular complexity index is 681. The molecule has 1 N–H and O–H groups in total. The third kappa shape index (κ3) is 3.43. The van der Waals surface area contributed by atoms with Gasteiger partial charge < -0.3 is 5.32 Å². The quantitative estimate of drug-likeness (QED) is 0.912. The zero-order valence-corrected chi connectivity index (χ0v) is 14.3. The summed E-state index contributed by atoms with van der Waals surface area (Å²) in [6.45, 7) is 1.91. The van der Waals surface area contributed by atoms with E-state index < -0.39 is 16.1 Å². The Morgan fingerprint density at radius 3 is 2.52 bits per heavy atom. The number of nitrogens with one attached hydrogen (secondary N) is 1. The number of hydrogen-bond acceptors (Lipinski definition) is 3. The second-order valence-corrected chi connectivity index (χ2v) is 8.63. The first kappa shape index (κ1) is 16.5. The van der Waals surface area contributed by atoms with Gasteiger partial charge in [-0.3, -0.25) is 4.79 Å². The van der Waals surface area contributed by atoms with Crippen molar-refractivity contribution in [3.8, 4) is 0 Å². The van der Waals surface area contributed by atoms with Gasteiger partial charge in [0.1, 0.15) is 6.04 Å². The lowest BCUT2D eigenvalue weighted by atomic mass is 9.95. The summed E-state index contributed by atoms with van der Waals surface area (Å²) in [7, 11) is -3.42. The zero-order valence-electron chi connectivity index (χ0n) is 13.5. The van der Waals surface area contributed by atoms with Gasteiger partial charge in [0.25, 0.3) is 0 Å². The van der Waals surface area contributed by atoms with Crippen LogP contribution in [0.2, 0.25) is 0 Å². The topological polar surface area (TPSA) is 66.5 Å². The molecule has 1 aromatic carbocycles. The van der Waals surface area contributed by atoms with E-state index in [0.29, 0.717) is 6.42 Å². The molecule has 1 fully saturated rings. The smallest absolute Gasteiger partial charge is 0.239 e. The van der Waals surface area contributed by atoms with E-state index in [1.807, 2.05) is 24.3 Å². The van der Waals surface area contributed by atoms with Crippen LogP contribution in [0, 0.1) is 0 Å². The molecule has 1 aliphatic heterocycles. The van der Waals surface area contributed by atoms with Crippen LogP contribution in [0.1, 0.15) is 43.7 Å². The molecule has 2 aliphatic rings. The molecule has 1 aliphatic carbocycles. The fourth-order valence-electron chi connectivity index (χ4n) is 3.55. The summed E-state index contributed by atoms with van der Waals surface area (Å²) in [5.41, 5.74) is 2.07. The first-order valence-electron chi connectivity index (χ1n) is 8.38. The van der Waals surface area contributed by atoms with E-state index in [0.717, 1.165) is 36.8 Å². The maximum absolute atomic E-state index is 12.7. The maximum Gasteiger partial charge on any atom is 0.239 e. The van der Waals surface area contributed by atoms with Gasteiger partial charge in [0.05, 0.1) is 5.75 Å². The van der Waals surface area contributed by atoms with Crippen LogP contribution in [0.3, 0.4) is 0 Å². The summed E-state index contributed by atoms with van der Waals surface area (Å²) in [5.74, 6) is -0.133. The number of carbonyl (C=O) groups excluding carboxylic acids is 1. The highest BCUT2D eigenvalue weighted by Gasteiger charge is 2.38. The molecule has 1 heterocycles. The molecule has 0 spiro atoms. The largest absolute Gasteiger partial charge is 0.352 e. The van der Waals surface area contributed by atoms with Crippen molar-refractivity contribution in [2.45, 2.75) is 57.7 Å². The van der Waals surface area contributed by atoms with Gasteiger partial charge in [-0.1, -0.05) is 37.1 Å². The maximum atomic E-state index is 12.7. The van der Waals surface area contributed by atoms with E-state index in [4.69, 9.17) is 0 Å². The molecule has 1 unspecified atom stereocenters. The molecule has 0 saturated heterocycles. The predicted octanol–water partition coefficient (Wildman–Crippen LogP) is 1.82. The minimum atomic E-state index is -3.42. The van der Waals surface area contributed by atoms with E-state index in [2.05, 4.69) is 5.32 Å². The second-order valence-electron chi connectivity index (χ2n) is 6.42. The molecule has 0 radical (unpaired) electrons. The molecular formula is C17H24N2O3S. The van der Waals surface area contributed by atoms with Gasteiger partial charge in [0.2, 0.25) is 15.9 Å². The van der Waals surface area contributed by atoms with Crippen LogP contribution in [0.15, 0.2) is 24.3 Å². The summed E-state index contributed by atoms with van der Waals surface area (Å²) in [6.07, 6.45) is 4.71. The second kappa shape index (κ2) is 6.61. The molecule has 1 aromatic rings. The van der Waals surface area contributed by atoms with Crippen LogP contribution in [-0.2, 0) is 27.8 Å². The highest BCUT2D eigenvalue weighted by molar-refractivity contribution is 7.89. The zero-order chi connectivity index (χ0) is 16.4. The Balaban J connectivity index is 1.86. The lowest BCUT2D eigenvalue weighted by Gasteiger charge is -2.35. The summed E-state index contributed by atoms with van der Waals surface area (Å²) >= 11 is 0. The molecule has 1 amide bonds. The Labute approximate surface area is 138 Å². The van der Waals surface area contributed by atoms with E-state index in [1.165, 1.54) is 4.31 Å². The van der Waals surface area contributed by atoms with Crippen molar-refractivity contribution in [1.29, 1.82) is 0 Å². The molecular weight excluding hydrogens is 312 g/mol. The van der Waals surface area contributed by atoms with Gasteiger partial charge >= 0.3 is 0 Å². The van der Waals surface area contributed by atoms with Crippen molar-refractivity contribution in [3.05, 3.63) is 35.4 Å². The SMILES string of the molecule is CCS(=O)(=O)N1Cc2ccccc2CC1C(=O)NC1CCCC1. The summed E-state index contributed by atoms with van der Waals surface area (Å²) < 4.78 is 26.3. The molecule has 1 saturated carbocycles. The molecule has 126 valence electrons. The first-order valence-corrected chi connectivity index (χ1v) is 9.99. The number of sulfonamides is 1. The average Bonchev–Trinajstić information content (AvgIpc) is 3.06. The van der Waals surface area contributed by atoms with Gasteiger partial charge in [-0.05, 0) is 37.3 Å². The Morgan fingerprint density at radius 1 is 1.22 bits per heavy atom. The monoisotopic (exact) mass is 336 g/mol. The van der Waals surface area contributed by atoms with Crippen molar-refractivity contribution in [2.24, 2.45) is 0 Å². The van der Waals surface area contributed by atoms with Crippen molar-refractivity contribution >= 4 is 15.9 Å². The van der Waals surface area contributed by atoms with Crippen LogP contribution in [-0.4, -0.2) is 36.5 Å². The summed E-state index contributed by atoms with van der Waals surface area (Å²) in [6, 6.07) is 7.35. The lowest BCUT2D eigenvalue weighted by molar-refractivity contribution is -0.125. The third-order valence-electron chi connectivity index (χ3n) is 4.93. The van der Waals surface area contributed by atoms with Crippen LogP contribution in [0.25, 0.3) is 0 Å². The van der Waals surface area contributed by atoms with E-state index in [-0.39, 0.29) is 24.2 Å². The number of hydrogen-bond donors (Lipinski definition) is 1.